The lowest BCUT2D eigenvalue weighted by atomic mass is 10.0. The Kier molecular flexibility index (Phi) is 3.23. The number of ether oxygens (including phenoxy) is 1. The summed E-state index contributed by atoms with van der Waals surface area (Å²) in [7, 11) is 0. The zero-order chi connectivity index (χ0) is 14.1. The van der Waals surface area contributed by atoms with Crippen LogP contribution in [0.5, 0.6) is 0 Å². The molecule has 2 atom stereocenters. The first kappa shape index (κ1) is 12.8. The summed E-state index contributed by atoms with van der Waals surface area (Å²) in [6, 6.07) is 7.51. The summed E-state index contributed by atoms with van der Waals surface area (Å²) in [4.78, 5) is 11.2. The maximum absolute atomic E-state index is 11.2. The number of nitrogens with zero attached hydrogens (tertiary/aromatic N) is 2. The molecule has 1 aromatic heterocycles. The number of aromatic nitrogens is 2. The number of nitrogens with one attached hydrogen (secondary N) is 1. The Labute approximate surface area is 115 Å². The van der Waals surface area contributed by atoms with Crippen molar-refractivity contribution >= 4 is 22.6 Å². The van der Waals surface area contributed by atoms with Gasteiger partial charge in [-0.2, -0.15) is 5.10 Å². The fourth-order valence-electron chi connectivity index (χ4n) is 2.46. The minimum atomic E-state index is -0.857. The number of fused-ring (bicyclic) bond motifs is 1. The third-order valence-corrected chi connectivity index (χ3v) is 3.59. The lowest BCUT2D eigenvalue weighted by molar-refractivity contribution is -0.141. The standard InChI is InChI=1S/C14H15N3O3/c1-8-9-4-2-3-5-10(9)13(17-16-8)15-12-7-20-6-11(12)14(18)19/h2-5,11-12H,6-7H2,1H3,(H,15,17)(H,18,19). The molecule has 0 saturated carbocycles. The molecular formula is C14H15N3O3. The van der Waals surface area contributed by atoms with Crippen LogP contribution in [0.2, 0.25) is 0 Å². The number of carboxylic acids is 1. The van der Waals surface area contributed by atoms with Gasteiger partial charge in [-0.05, 0) is 6.92 Å². The van der Waals surface area contributed by atoms with Crippen LogP contribution >= 0.6 is 0 Å². The quantitative estimate of drug-likeness (QED) is 0.880. The number of hydrogen-bond donors (Lipinski definition) is 2. The number of carboxylic acid groups (broad SMARTS) is 1. The Balaban J connectivity index is 1.95. The predicted octanol–water partition coefficient (Wildman–Crippen LogP) is 1.45. The van der Waals surface area contributed by atoms with Gasteiger partial charge in [0, 0.05) is 10.8 Å². The Morgan fingerprint density at radius 3 is 2.80 bits per heavy atom. The summed E-state index contributed by atoms with van der Waals surface area (Å²) in [5.74, 6) is -0.811. The molecule has 3 rings (SSSR count). The normalized spacial score (nSPS) is 22.1. The van der Waals surface area contributed by atoms with Gasteiger partial charge in [-0.25, -0.2) is 0 Å². The highest BCUT2D eigenvalue weighted by Gasteiger charge is 2.34. The number of rotatable bonds is 3. The van der Waals surface area contributed by atoms with Crippen LogP contribution in [0.3, 0.4) is 0 Å². The Bertz CT molecular complexity index is 659. The highest BCUT2D eigenvalue weighted by molar-refractivity contribution is 5.93. The van der Waals surface area contributed by atoms with Crippen LogP contribution in [0.25, 0.3) is 10.8 Å². The molecule has 2 unspecified atom stereocenters. The van der Waals surface area contributed by atoms with Gasteiger partial charge in [0.05, 0.1) is 24.9 Å². The van der Waals surface area contributed by atoms with E-state index in [1.165, 1.54) is 0 Å². The second kappa shape index (κ2) is 5.05. The molecule has 6 nitrogen and oxygen atoms in total. The van der Waals surface area contributed by atoms with Crippen molar-refractivity contribution in [2.45, 2.75) is 13.0 Å². The molecule has 1 aliphatic rings. The largest absolute Gasteiger partial charge is 0.481 e. The minimum Gasteiger partial charge on any atom is -0.481 e. The summed E-state index contributed by atoms with van der Waals surface area (Å²) in [5, 5.41) is 22.5. The number of hydrogen-bond acceptors (Lipinski definition) is 5. The van der Waals surface area contributed by atoms with Gasteiger partial charge in [-0.3, -0.25) is 4.79 Å². The molecule has 1 fully saturated rings. The van der Waals surface area contributed by atoms with Crippen LogP contribution in [0.1, 0.15) is 5.69 Å². The maximum Gasteiger partial charge on any atom is 0.311 e. The third-order valence-electron chi connectivity index (χ3n) is 3.59. The molecule has 2 aromatic rings. The average molecular weight is 273 g/mol. The first-order valence-corrected chi connectivity index (χ1v) is 6.46. The van der Waals surface area contributed by atoms with Crippen LogP contribution < -0.4 is 5.32 Å². The Morgan fingerprint density at radius 1 is 1.30 bits per heavy atom. The Hall–Kier alpha value is -2.21. The van der Waals surface area contributed by atoms with E-state index in [-0.39, 0.29) is 12.6 Å². The van der Waals surface area contributed by atoms with E-state index in [1.54, 1.807) is 0 Å². The summed E-state index contributed by atoms with van der Waals surface area (Å²) in [6.07, 6.45) is 0. The van der Waals surface area contributed by atoms with Gasteiger partial charge in [-0.1, -0.05) is 24.3 Å². The molecule has 0 aliphatic carbocycles. The summed E-state index contributed by atoms with van der Waals surface area (Å²) >= 11 is 0. The van der Waals surface area contributed by atoms with E-state index in [0.29, 0.717) is 12.4 Å². The predicted molar refractivity (Wildman–Crippen MR) is 73.6 cm³/mol. The smallest absolute Gasteiger partial charge is 0.311 e. The van der Waals surface area contributed by atoms with Gasteiger partial charge in [0.2, 0.25) is 0 Å². The van der Waals surface area contributed by atoms with Crippen molar-refractivity contribution < 1.29 is 14.6 Å². The number of aliphatic carboxylic acids is 1. The highest BCUT2D eigenvalue weighted by Crippen LogP contribution is 2.25. The monoisotopic (exact) mass is 273 g/mol. The molecule has 1 aromatic carbocycles. The number of anilines is 1. The van der Waals surface area contributed by atoms with E-state index in [9.17, 15) is 4.79 Å². The van der Waals surface area contributed by atoms with Crippen LogP contribution in [0, 0.1) is 12.8 Å². The van der Waals surface area contributed by atoms with Gasteiger partial charge in [0.1, 0.15) is 5.92 Å². The maximum atomic E-state index is 11.2. The zero-order valence-electron chi connectivity index (χ0n) is 11.0. The van der Waals surface area contributed by atoms with Crippen LogP contribution in [-0.2, 0) is 9.53 Å². The fraction of sp³-hybridized carbons (Fsp3) is 0.357. The molecule has 0 spiro atoms. The molecule has 104 valence electrons. The lowest BCUT2D eigenvalue weighted by Crippen LogP contribution is -2.33. The summed E-state index contributed by atoms with van der Waals surface area (Å²) in [6.45, 7) is 2.49. The van der Waals surface area contributed by atoms with Crippen molar-refractivity contribution in [3.05, 3.63) is 30.0 Å². The van der Waals surface area contributed by atoms with E-state index >= 15 is 0 Å². The molecule has 0 bridgehead atoms. The number of aryl methyl sites for hydroxylation is 1. The van der Waals surface area contributed by atoms with Gasteiger partial charge < -0.3 is 15.2 Å². The second-order valence-corrected chi connectivity index (χ2v) is 4.91. The van der Waals surface area contributed by atoms with E-state index < -0.39 is 11.9 Å². The van der Waals surface area contributed by atoms with E-state index in [1.807, 2.05) is 31.2 Å². The second-order valence-electron chi connectivity index (χ2n) is 4.91. The average Bonchev–Trinajstić information content (AvgIpc) is 2.91. The lowest BCUT2D eigenvalue weighted by Gasteiger charge is -2.17. The number of carbonyl (C=O) groups is 1. The molecule has 2 N–H and O–H groups in total. The zero-order valence-corrected chi connectivity index (χ0v) is 11.0. The van der Waals surface area contributed by atoms with Crippen molar-refractivity contribution in [2.75, 3.05) is 18.5 Å². The van der Waals surface area contributed by atoms with Crippen molar-refractivity contribution in [3.63, 3.8) is 0 Å². The first-order valence-electron chi connectivity index (χ1n) is 6.46. The minimum absolute atomic E-state index is 0.226. The molecule has 0 radical (unpaired) electrons. The summed E-state index contributed by atoms with van der Waals surface area (Å²) in [5.41, 5.74) is 0.851. The van der Waals surface area contributed by atoms with Gasteiger partial charge >= 0.3 is 5.97 Å². The van der Waals surface area contributed by atoms with Gasteiger partial charge in [-0.15, -0.1) is 5.10 Å². The molecule has 1 aliphatic heterocycles. The molecular weight excluding hydrogens is 258 g/mol. The highest BCUT2D eigenvalue weighted by atomic mass is 16.5. The topological polar surface area (TPSA) is 84.3 Å². The van der Waals surface area contributed by atoms with Crippen molar-refractivity contribution in [3.8, 4) is 0 Å². The van der Waals surface area contributed by atoms with Crippen molar-refractivity contribution in [2.24, 2.45) is 5.92 Å². The van der Waals surface area contributed by atoms with E-state index in [2.05, 4.69) is 15.5 Å². The third kappa shape index (κ3) is 2.18. The molecule has 2 heterocycles. The van der Waals surface area contributed by atoms with Crippen molar-refractivity contribution in [1.82, 2.24) is 10.2 Å². The van der Waals surface area contributed by atoms with Crippen LogP contribution in [0.15, 0.2) is 24.3 Å². The Morgan fingerprint density at radius 2 is 2.05 bits per heavy atom. The summed E-state index contributed by atoms with van der Waals surface area (Å²) < 4.78 is 5.25. The van der Waals surface area contributed by atoms with Crippen molar-refractivity contribution in [1.29, 1.82) is 0 Å². The molecule has 6 heteroatoms. The van der Waals surface area contributed by atoms with Crippen LogP contribution in [0.4, 0.5) is 5.82 Å². The van der Waals surface area contributed by atoms with E-state index in [0.717, 1.165) is 16.5 Å². The molecule has 20 heavy (non-hydrogen) atoms. The van der Waals surface area contributed by atoms with Crippen LogP contribution in [-0.4, -0.2) is 40.5 Å². The van der Waals surface area contributed by atoms with E-state index in [4.69, 9.17) is 9.84 Å². The molecule has 0 amide bonds. The van der Waals surface area contributed by atoms with Gasteiger partial charge in [0.15, 0.2) is 5.82 Å². The fourth-order valence-corrected chi connectivity index (χ4v) is 2.46. The first-order chi connectivity index (χ1) is 9.66. The molecule has 1 saturated heterocycles. The number of benzene rings is 1. The van der Waals surface area contributed by atoms with Gasteiger partial charge in [0.25, 0.3) is 0 Å². The SMILES string of the molecule is Cc1nnc(NC2COCC2C(=O)O)c2ccccc12.